The van der Waals surface area contributed by atoms with Gasteiger partial charge in [-0.05, 0) is 22.0 Å². The van der Waals surface area contributed by atoms with Crippen molar-refractivity contribution >= 4 is 41.6 Å². The summed E-state index contributed by atoms with van der Waals surface area (Å²) in [6.45, 7) is -0.676. The molecule has 1 aromatic rings. The van der Waals surface area contributed by atoms with Crippen LogP contribution < -0.4 is 4.74 Å². The van der Waals surface area contributed by atoms with Gasteiger partial charge in [-0.1, -0.05) is 0 Å². The van der Waals surface area contributed by atoms with Crippen molar-refractivity contribution in [3.8, 4) is 5.75 Å². The van der Waals surface area contributed by atoms with Crippen molar-refractivity contribution in [2.45, 2.75) is 4.90 Å². The quantitative estimate of drug-likeness (QED) is 0.842. The van der Waals surface area contributed by atoms with Crippen LogP contribution in [0.4, 0.5) is 4.39 Å². The van der Waals surface area contributed by atoms with Gasteiger partial charge >= 0.3 is 5.97 Å². The molecule has 1 aromatic carbocycles. The monoisotopic (exact) mass is 346 g/mol. The van der Waals surface area contributed by atoms with Gasteiger partial charge in [-0.15, -0.1) is 0 Å². The fourth-order valence-corrected chi connectivity index (χ4v) is 2.46. The van der Waals surface area contributed by atoms with Crippen LogP contribution in [0, 0.1) is 5.82 Å². The fraction of sp³-hybridized carbons (Fsp3) is 0.125. The second-order valence-corrected chi connectivity index (χ2v) is 6.22. The molecule has 0 heterocycles. The molecule has 17 heavy (non-hydrogen) atoms. The summed E-state index contributed by atoms with van der Waals surface area (Å²) in [6, 6.07) is 1.64. The Morgan fingerprint density at radius 2 is 2.12 bits per heavy atom. The number of carboxylic acids is 1. The second-order valence-electron chi connectivity index (χ2n) is 2.83. The highest BCUT2D eigenvalue weighted by Gasteiger charge is 2.19. The summed E-state index contributed by atoms with van der Waals surface area (Å²) in [6.07, 6.45) is 0. The van der Waals surface area contributed by atoms with Crippen LogP contribution in [0.15, 0.2) is 21.5 Å². The zero-order chi connectivity index (χ0) is 13.2. The summed E-state index contributed by atoms with van der Waals surface area (Å²) in [5, 5.41) is 8.37. The Morgan fingerprint density at radius 1 is 1.53 bits per heavy atom. The van der Waals surface area contributed by atoms with Crippen LogP contribution in [0.25, 0.3) is 0 Å². The molecule has 0 radical (unpaired) electrons. The van der Waals surface area contributed by atoms with Gasteiger partial charge in [0.1, 0.15) is 16.5 Å². The number of halogens is 3. The van der Waals surface area contributed by atoms with Crippen molar-refractivity contribution < 1.29 is 27.4 Å². The number of ether oxygens (including phenoxy) is 1. The minimum Gasteiger partial charge on any atom is -0.481 e. The molecule has 0 atom stereocenters. The van der Waals surface area contributed by atoms with Crippen LogP contribution in [0.2, 0.25) is 0 Å². The van der Waals surface area contributed by atoms with E-state index in [4.69, 9.17) is 20.5 Å². The summed E-state index contributed by atoms with van der Waals surface area (Å²) in [4.78, 5) is 9.53. The van der Waals surface area contributed by atoms with E-state index in [-0.39, 0.29) is 10.2 Å². The van der Waals surface area contributed by atoms with Crippen molar-refractivity contribution in [2.75, 3.05) is 6.61 Å². The lowest BCUT2D eigenvalue weighted by molar-refractivity contribution is -0.139. The Labute approximate surface area is 109 Å². The third-order valence-electron chi connectivity index (χ3n) is 1.60. The van der Waals surface area contributed by atoms with Gasteiger partial charge in [0.25, 0.3) is 9.05 Å². The third-order valence-corrected chi connectivity index (χ3v) is 3.56. The molecule has 0 spiro atoms. The maximum atomic E-state index is 13.3. The topological polar surface area (TPSA) is 80.7 Å². The molecule has 94 valence electrons. The van der Waals surface area contributed by atoms with Crippen LogP contribution >= 0.6 is 26.6 Å². The normalized spacial score (nSPS) is 11.2. The first-order valence-electron chi connectivity index (χ1n) is 4.00. The third kappa shape index (κ3) is 3.83. The number of hydrogen-bond acceptors (Lipinski definition) is 4. The summed E-state index contributed by atoms with van der Waals surface area (Å²) in [7, 11) is 0.783. The number of aliphatic carboxylic acids is 1. The number of benzene rings is 1. The van der Waals surface area contributed by atoms with E-state index in [2.05, 4.69) is 15.9 Å². The molecule has 0 aromatic heterocycles. The fourth-order valence-electron chi connectivity index (χ4n) is 0.947. The number of hydrogen-bond donors (Lipinski definition) is 1. The molecule has 9 heteroatoms. The Morgan fingerprint density at radius 3 is 2.59 bits per heavy atom. The molecular formula is C8H5BrClFO5S. The zero-order valence-corrected chi connectivity index (χ0v) is 11.1. The summed E-state index contributed by atoms with van der Waals surface area (Å²) in [5.41, 5.74) is 0. The lowest BCUT2D eigenvalue weighted by Crippen LogP contribution is -2.10. The van der Waals surface area contributed by atoms with E-state index in [9.17, 15) is 17.6 Å². The van der Waals surface area contributed by atoms with E-state index in [1.54, 1.807) is 0 Å². The average Bonchev–Trinajstić information content (AvgIpc) is 2.17. The lowest BCUT2D eigenvalue weighted by Gasteiger charge is -2.07. The van der Waals surface area contributed by atoms with Gasteiger partial charge in [-0.2, -0.15) is 0 Å². The van der Waals surface area contributed by atoms with Crippen molar-refractivity contribution in [3.63, 3.8) is 0 Å². The molecule has 0 fully saturated rings. The van der Waals surface area contributed by atoms with Crippen LogP contribution in [-0.2, 0) is 13.8 Å². The Balaban J connectivity index is 3.14. The van der Waals surface area contributed by atoms with Crippen molar-refractivity contribution in [3.05, 3.63) is 22.4 Å². The second kappa shape index (κ2) is 5.19. The Hall–Kier alpha value is -0.860. The van der Waals surface area contributed by atoms with Gasteiger partial charge in [0.05, 0.1) is 4.47 Å². The van der Waals surface area contributed by atoms with Crippen LogP contribution in [0.5, 0.6) is 5.75 Å². The lowest BCUT2D eigenvalue weighted by atomic mass is 10.3. The van der Waals surface area contributed by atoms with Gasteiger partial charge in [0, 0.05) is 16.7 Å². The van der Waals surface area contributed by atoms with Gasteiger partial charge in [-0.25, -0.2) is 17.6 Å². The van der Waals surface area contributed by atoms with Crippen molar-refractivity contribution in [1.82, 2.24) is 0 Å². The first-order valence-corrected chi connectivity index (χ1v) is 7.10. The molecule has 0 unspecified atom stereocenters. The molecule has 1 N–H and O–H groups in total. The Kier molecular flexibility index (Phi) is 4.34. The standard InChI is InChI=1S/C8H5BrClFO5S/c9-4-1-7(17(10,14)15)5(11)2-6(4)16-3-8(12)13/h1-2H,3H2,(H,12,13). The SMILES string of the molecule is O=C(O)COc1cc(F)c(S(=O)(=O)Cl)cc1Br. The first-order chi connectivity index (χ1) is 7.71. The van der Waals surface area contributed by atoms with E-state index in [0.717, 1.165) is 12.1 Å². The minimum absolute atomic E-state index is 0.0828. The van der Waals surface area contributed by atoms with Gasteiger partial charge in [-0.3, -0.25) is 0 Å². The van der Waals surface area contributed by atoms with E-state index in [0.29, 0.717) is 0 Å². The van der Waals surface area contributed by atoms with Gasteiger partial charge in [0.15, 0.2) is 6.61 Å². The predicted molar refractivity (Wildman–Crippen MR) is 60.3 cm³/mol. The summed E-state index contributed by atoms with van der Waals surface area (Å²) < 4.78 is 40.0. The number of carbonyl (C=O) groups is 1. The molecule has 0 aliphatic heterocycles. The van der Waals surface area contributed by atoms with E-state index >= 15 is 0 Å². The molecule has 0 aliphatic carbocycles. The largest absolute Gasteiger partial charge is 0.481 e. The Bertz CT molecular complexity index is 559. The number of rotatable bonds is 4. The van der Waals surface area contributed by atoms with Crippen LogP contribution in [-0.4, -0.2) is 26.1 Å². The maximum Gasteiger partial charge on any atom is 0.341 e. The first kappa shape index (κ1) is 14.2. The van der Waals surface area contributed by atoms with E-state index < -0.39 is 32.3 Å². The molecule has 0 saturated heterocycles. The summed E-state index contributed by atoms with van der Waals surface area (Å²) in [5.74, 6) is -2.50. The molecular weight excluding hydrogens is 343 g/mol. The molecule has 1 rings (SSSR count). The highest BCUT2D eigenvalue weighted by molar-refractivity contribution is 9.10. The maximum absolute atomic E-state index is 13.3. The minimum atomic E-state index is -4.21. The van der Waals surface area contributed by atoms with Crippen molar-refractivity contribution in [2.24, 2.45) is 0 Å². The van der Waals surface area contributed by atoms with Crippen LogP contribution in [0.3, 0.4) is 0 Å². The van der Waals surface area contributed by atoms with Crippen LogP contribution in [0.1, 0.15) is 0 Å². The molecule has 0 aliphatic rings. The summed E-state index contributed by atoms with van der Waals surface area (Å²) >= 11 is 2.92. The molecule has 5 nitrogen and oxygen atoms in total. The van der Waals surface area contributed by atoms with Gasteiger partial charge in [0.2, 0.25) is 0 Å². The van der Waals surface area contributed by atoms with Crippen molar-refractivity contribution in [1.29, 1.82) is 0 Å². The highest BCUT2D eigenvalue weighted by atomic mass is 79.9. The molecule has 0 saturated carbocycles. The molecule has 0 amide bonds. The number of carboxylic acid groups (broad SMARTS) is 1. The highest BCUT2D eigenvalue weighted by Crippen LogP contribution is 2.31. The smallest absolute Gasteiger partial charge is 0.341 e. The molecule has 0 bridgehead atoms. The zero-order valence-electron chi connectivity index (χ0n) is 7.98. The van der Waals surface area contributed by atoms with E-state index in [1.165, 1.54) is 0 Å². The predicted octanol–water partition coefficient (Wildman–Crippen LogP) is 1.98. The van der Waals surface area contributed by atoms with E-state index in [1.807, 2.05) is 0 Å². The average molecular weight is 348 g/mol. The van der Waals surface area contributed by atoms with Gasteiger partial charge < -0.3 is 9.84 Å².